The molecule has 2 rings (SSSR count). The number of benzene rings is 2. The minimum absolute atomic E-state index is 0.154. The van der Waals surface area contributed by atoms with Crippen molar-refractivity contribution in [3.63, 3.8) is 0 Å². The SMILES string of the molecule is CN(C)c1ccc([N+](=O)[O-])cc1C(=O)NCCc1ccc(C(F)(F)F)cc1. The van der Waals surface area contributed by atoms with Crippen LogP contribution in [-0.4, -0.2) is 31.5 Å². The van der Waals surface area contributed by atoms with Gasteiger partial charge in [-0.05, 0) is 30.2 Å². The predicted octanol–water partition coefficient (Wildman–Crippen LogP) is 3.65. The van der Waals surface area contributed by atoms with Crippen LogP contribution in [0.2, 0.25) is 0 Å². The number of anilines is 1. The molecule has 1 N–H and O–H groups in total. The van der Waals surface area contributed by atoms with E-state index in [2.05, 4.69) is 5.32 Å². The molecule has 144 valence electrons. The average molecular weight is 381 g/mol. The summed E-state index contributed by atoms with van der Waals surface area (Å²) in [6, 6.07) is 8.69. The maximum atomic E-state index is 12.5. The number of hydrogen-bond donors (Lipinski definition) is 1. The topological polar surface area (TPSA) is 75.5 Å². The smallest absolute Gasteiger partial charge is 0.377 e. The highest BCUT2D eigenvalue weighted by Crippen LogP contribution is 2.29. The molecular weight excluding hydrogens is 363 g/mol. The molecule has 0 radical (unpaired) electrons. The number of non-ortho nitro benzene ring substituents is 1. The quantitative estimate of drug-likeness (QED) is 0.612. The lowest BCUT2D eigenvalue weighted by molar-refractivity contribution is -0.384. The van der Waals surface area contributed by atoms with E-state index in [1.165, 1.54) is 30.3 Å². The molecule has 0 aliphatic carbocycles. The van der Waals surface area contributed by atoms with E-state index in [1.54, 1.807) is 19.0 Å². The number of carbonyl (C=O) groups excluding carboxylic acids is 1. The van der Waals surface area contributed by atoms with Gasteiger partial charge < -0.3 is 10.2 Å². The molecule has 0 saturated carbocycles. The van der Waals surface area contributed by atoms with Crippen molar-refractivity contribution in [1.82, 2.24) is 5.32 Å². The molecule has 0 aliphatic heterocycles. The van der Waals surface area contributed by atoms with Gasteiger partial charge in [0, 0.05) is 38.5 Å². The molecule has 0 heterocycles. The third kappa shape index (κ3) is 5.19. The van der Waals surface area contributed by atoms with Crippen molar-refractivity contribution in [3.05, 3.63) is 69.3 Å². The Labute approximate surface area is 153 Å². The zero-order chi connectivity index (χ0) is 20.2. The lowest BCUT2D eigenvalue weighted by atomic mass is 10.1. The summed E-state index contributed by atoms with van der Waals surface area (Å²) in [6.45, 7) is 0.180. The highest BCUT2D eigenvalue weighted by Gasteiger charge is 2.29. The number of nitrogens with one attached hydrogen (secondary N) is 1. The zero-order valence-corrected chi connectivity index (χ0v) is 14.7. The molecule has 0 bridgehead atoms. The molecule has 0 fully saturated rings. The fourth-order valence-electron chi connectivity index (χ4n) is 2.49. The molecule has 27 heavy (non-hydrogen) atoms. The Kier molecular flexibility index (Phi) is 6.04. The molecule has 0 unspecified atom stereocenters. The minimum Gasteiger partial charge on any atom is -0.377 e. The lowest BCUT2D eigenvalue weighted by Crippen LogP contribution is -2.27. The summed E-state index contributed by atoms with van der Waals surface area (Å²) in [4.78, 5) is 24.4. The van der Waals surface area contributed by atoms with Gasteiger partial charge in [-0.1, -0.05) is 12.1 Å². The summed E-state index contributed by atoms with van der Waals surface area (Å²) < 4.78 is 37.6. The van der Waals surface area contributed by atoms with Crippen LogP contribution in [0.3, 0.4) is 0 Å². The Balaban J connectivity index is 2.05. The summed E-state index contributed by atoms with van der Waals surface area (Å²) in [6.07, 6.45) is -4.06. The van der Waals surface area contributed by atoms with E-state index in [4.69, 9.17) is 0 Å². The maximum Gasteiger partial charge on any atom is 0.416 e. The number of hydrogen-bond acceptors (Lipinski definition) is 4. The zero-order valence-electron chi connectivity index (χ0n) is 14.7. The number of alkyl halides is 3. The Bertz CT molecular complexity index is 834. The number of halogens is 3. The van der Waals surface area contributed by atoms with Crippen molar-refractivity contribution in [2.75, 3.05) is 25.5 Å². The van der Waals surface area contributed by atoms with Crippen LogP contribution < -0.4 is 10.2 Å². The van der Waals surface area contributed by atoms with Gasteiger partial charge in [0.25, 0.3) is 11.6 Å². The number of carbonyl (C=O) groups is 1. The monoisotopic (exact) mass is 381 g/mol. The molecule has 2 aromatic rings. The fraction of sp³-hybridized carbons (Fsp3) is 0.278. The first-order chi connectivity index (χ1) is 12.6. The van der Waals surface area contributed by atoms with Crippen LogP contribution in [0.15, 0.2) is 42.5 Å². The average Bonchev–Trinajstić information content (AvgIpc) is 2.60. The molecule has 0 aromatic heterocycles. The van der Waals surface area contributed by atoms with Crippen LogP contribution in [0.25, 0.3) is 0 Å². The predicted molar refractivity (Wildman–Crippen MR) is 94.9 cm³/mol. The van der Waals surface area contributed by atoms with Crippen molar-refractivity contribution in [2.24, 2.45) is 0 Å². The third-order valence-electron chi connectivity index (χ3n) is 3.90. The van der Waals surface area contributed by atoms with E-state index in [-0.39, 0.29) is 17.8 Å². The highest BCUT2D eigenvalue weighted by molar-refractivity contribution is 6.00. The molecule has 1 amide bonds. The molecule has 9 heteroatoms. The van der Waals surface area contributed by atoms with Gasteiger partial charge in [-0.2, -0.15) is 13.2 Å². The Morgan fingerprint density at radius 1 is 1.15 bits per heavy atom. The van der Waals surface area contributed by atoms with Gasteiger partial charge in [0.1, 0.15) is 0 Å². The Morgan fingerprint density at radius 2 is 1.78 bits per heavy atom. The molecule has 0 saturated heterocycles. The summed E-state index contributed by atoms with van der Waals surface area (Å²) in [5, 5.41) is 13.6. The normalized spacial score (nSPS) is 11.1. The van der Waals surface area contributed by atoms with Crippen molar-refractivity contribution >= 4 is 17.3 Å². The highest BCUT2D eigenvalue weighted by atomic mass is 19.4. The lowest BCUT2D eigenvalue weighted by Gasteiger charge is -2.17. The maximum absolute atomic E-state index is 12.5. The van der Waals surface area contributed by atoms with E-state index in [9.17, 15) is 28.1 Å². The fourth-order valence-corrected chi connectivity index (χ4v) is 2.49. The first-order valence-electron chi connectivity index (χ1n) is 7.99. The van der Waals surface area contributed by atoms with Crippen LogP contribution in [0.5, 0.6) is 0 Å². The number of nitro benzene ring substituents is 1. The minimum atomic E-state index is -4.39. The summed E-state index contributed by atoms with van der Waals surface area (Å²) in [7, 11) is 3.42. The van der Waals surface area contributed by atoms with Gasteiger partial charge in [-0.15, -0.1) is 0 Å². The van der Waals surface area contributed by atoms with Crippen LogP contribution >= 0.6 is 0 Å². The van der Waals surface area contributed by atoms with E-state index >= 15 is 0 Å². The Hall–Kier alpha value is -3.10. The van der Waals surface area contributed by atoms with Crippen molar-refractivity contribution in [3.8, 4) is 0 Å². The van der Waals surface area contributed by atoms with Crippen molar-refractivity contribution in [2.45, 2.75) is 12.6 Å². The number of nitro groups is 1. The molecule has 0 aliphatic rings. The molecule has 2 aromatic carbocycles. The number of amides is 1. The number of nitrogens with zero attached hydrogens (tertiary/aromatic N) is 2. The second-order valence-corrected chi connectivity index (χ2v) is 6.05. The van der Waals surface area contributed by atoms with Crippen LogP contribution in [0.1, 0.15) is 21.5 Å². The van der Waals surface area contributed by atoms with Gasteiger partial charge in [-0.25, -0.2) is 0 Å². The Morgan fingerprint density at radius 3 is 2.30 bits per heavy atom. The summed E-state index contributed by atoms with van der Waals surface area (Å²) in [5.41, 5.74) is 0.375. The van der Waals surface area contributed by atoms with Gasteiger partial charge in [0.15, 0.2) is 0 Å². The first kappa shape index (κ1) is 20.2. The first-order valence-corrected chi connectivity index (χ1v) is 7.99. The van der Waals surface area contributed by atoms with Gasteiger partial charge in [0.05, 0.1) is 16.1 Å². The second kappa shape index (κ2) is 8.07. The van der Waals surface area contributed by atoms with E-state index < -0.39 is 22.6 Å². The standard InChI is InChI=1S/C18H18F3N3O3/c1-23(2)16-8-7-14(24(26)27)11-15(16)17(25)22-10-9-12-3-5-13(6-4-12)18(19,20)21/h3-8,11H,9-10H2,1-2H3,(H,22,25). The van der Waals surface area contributed by atoms with Crippen molar-refractivity contribution in [1.29, 1.82) is 0 Å². The summed E-state index contributed by atoms with van der Waals surface area (Å²) in [5.74, 6) is -0.491. The van der Waals surface area contributed by atoms with Crippen molar-refractivity contribution < 1.29 is 22.9 Å². The molecular formula is C18H18F3N3O3. The van der Waals surface area contributed by atoms with Gasteiger partial charge in [-0.3, -0.25) is 14.9 Å². The number of rotatable bonds is 6. The molecule has 0 atom stereocenters. The van der Waals surface area contributed by atoms with Gasteiger partial charge >= 0.3 is 6.18 Å². The largest absolute Gasteiger partial charge is 0.416 e. The van der Waals surface area contributed by atoms with E-state index in [0.717, 1.165) is 12.1 Å². The van der Waals surface area contributed by atoms with Crippen LogP contribution in [0.4, 0.5) is 24.5 Å². The second-order valence-electron chi connectivity index (χ2n) is 6.05. The van der Waals surface area contributed by atoms with E-state index in [0.29, 0.717) is 17.7 Å². The van der Waals surface area contributed by atoms with Crippen LogP contribution in [0, 0.1) is 10.1 Å². The van der Waals surface area contributed by atoms with E-state index in [1.807, 2.05) is 0 Å². The van der Waals surface area contributed by atoms with Gasteiger partial charge in [0.2, 0.25) is 0 Å². The summed E-state index contributed by atoms with van der Waals surface area (Å²) >= 11 is 0. The molecule has 0 spiro atoms. The third-order valence-corrected chi connectivity index (χ3v) is 3.90. The molecule has 6 nitrogen and oxygen atoms in total. The van der Waals surface area contributed by atoms with Crippen LogP contribution in [-0.2, 0) is 12.6 Å².